The molecule has 0 unspecified atom stereocenters. The minimum absolute atomic E-state index is 0.925. The molecule has 2 nitrogen and oxygen atoms in total. The Hall–Kier alpha value is -5.38. The van der Waals surface area contributed by atoms with Crippen LogP contribution in [0, 0.1) is 0 Å². The third kappa shape index (κ3) is 4.70. The lowest BCUT2D eigenvalue weighted by atomic mass is 10.0. The first kappa shape index (κ1) is 25.3. The zero-order valence-corrected chi connectivity index (χ0v) is 24.2. The van der Waals surface area contributed by atoms with E-state index >= 15 is 0 Å². The van der Waals surface area contributed by atoms with Crippen molar-refractivity contribution < 1.29 is 4.42 Å². The second kappa shape index (κ2) is 10.8. The Kier molecular flexibility index (Phi) is 6.36. The molecular weight excluding hydrogens is 543 g/mol. The predicted octanol–water partition coefficient (Wildman–Crippen LogP) is 12.1. The first-order valence-corrected chi connectivity index (χ1v) is 15.2. The van der Waals surface area contributed by atoms with E-state index in [0.29, 0.717) is 0 Å². The van der Waals surface area contributed by atoms with E-state index in [9.17, 15) is 0 Å². The maximum atomic E-state index is 6.28. The molecule has 0 spiro atoms. The van der Waals surface area contributed by atoms with Gasteiger partial charge in [0.15, 0.2) is 0 Å². The van der Waals surface area contributed by atoms with E-state index in [0.717, 1.165) is 50.1 Å². The zero-order valence-electron chi connectivity index (χ0n) is 23.4. The van der Waals surface area contributed by atoms with Crippen molar-refractivity contribution in [3.05, 3.63) is 164 Å². The van der Waals surface area contributed by atoms with Crippen LogP contribution in [0.2, 0.25) is 0 Å². The fourth-order valence-corrected chi connectivity index (χ4v) is 6.83. The molecule has 8 rings (SSSR count). The van der Waals surface area contributed by atoms with Crippen molar-refractivity contribution >= 4 is 50.3 Å². The first-order valence-electron chi connectivity index (χ1n) is 14.4. The average molecular weight is 570 g/mol. The highest BCUT2D eigenvalue weighted by Crippen LogP contribution is 2.40. The van der Waals surface area contributed by atoms with Crippen LogP contribution in [0.3, 0.4) is 0 Å². The number of nitrogens with zero attached hydrogens (tertiary/aromatic N) is 1. The fraction of sp³-hybridized carbons (Fsp3) is 0. The smallest absolute Gasteiger partial charge is 0.143 e. The van der Waals surface area contributed by atoms with Crippen molar-refractivity contribution in [2.24, 2.45) is 0 Å². The summed E-state index contributed by atoms with van der Waals surface area (Å²) in [4.78, 5) is 4.79. The Morgan fingerprint density at radius 1 is 0.395 bits per heavy atom. The highest BCUT2D eigenvalue weighted by molar-refractivity contribution is 7.18. The summed E-state index contributed by atoms with van der Waals surface area (Å²) in [5, 5.41) is 2.31. The van der Waals surface area contributed by atoms with Gasteiger partial charge in [-0.15, -0.1) is 11.3 Å². The summed E-state index contributed by atoms with van der Waals surface area (Å²) in [6.07, 6.45) is 0. The molecule has 8 aromatic rings. The molecule has 0 saturated carbocycles. The van der Waals surface area contributed by atoms with Gasteiger partial charge in [-0.25, -0.2) is 0 Å². The summed E-state index contributed by atoms with van der Waals surface area (Å²) in [5.41, 5.74) is 9.98. The van der Waals surface area contributed by atoms with E-state index < -0.39 is 0 Å². The molecule has 0 aliphatic heterocycles. The average Bonchev–Trinajstić information content (AvgIpc) is 3.72. The van der Waals surface area contributed by atoms with Gasteiger partial charge < -0.3 is 9.32 Å². The quantitative estimate of drug-likeness (QED) is 0.198. The number of rotatable bonds is 6. The summed E-state index contributed by atoms with van der Waals surface area (Å²) < 4.78 is 6.28. The Morgan fingerprint density at radius 2 is 0.907 bits per heavy atom. The summed E-state index contributed by atoms with van der Waals surface area (Å²) in [6.45, 7) is 0. The summed E-state index contributed by atoms with van der Waals surface area (Å²) in [5.74, 6) is 0. The summed E-state index contributed by atoms with van der Waals surface area (Å²) >= 11 is 1.82. The Bertz CT molecular complexity index is 2120. The number of fused-ring (bicyclic) bond motifs is 3. The molecule has 0 bridgehead atoms. The van der Waals surface area contributed by atoms with Crippen LogP contribution in [-0.4, -0.2) is 0 Å². The number of anilines is 3. The Morgan fingerprint density at radius 3 is 1.56 bits per heavy atom. The van der Waals surface area contributed by atoms with Crippen molar-refractivity contribution in [1.82, 2.24) is 0 Å². The second-order valence-corrected chi connectivity index (χ2v) is 11.7. The standard InChI is InChI=1S/C40H27NOS/c1-3-10-31(11-4-1)41(32-12-5-2-6-13-32)33-24-22-30(23-25-33)39-27-26-38(43-39)29-20-18-28(19-21-29)34-15-9-16-36-35-14-7-8-17-37(35)42-40(34)36/h1-27H. The molecular formula is C40H27NOS. The van der Waals surface area contributed by atoms with Crippen molar-refractivity contribution in [2.75, 3.05) is 4.90 Å². The van der Waals surface area contributed by atoms with E-state index in [1.165, 1.54) is 20.9 Å². The van der Waals surface area contributed by atoms with Crippen LogP contribution in [-0.2, 0) is 0 Å². The molecule has 3 heteroatoms. The van der Waals surface area contributed by atoms with Gasteiger partial charge in [0.2, 0.25) is 0 Å². The highest BCUT2D eigenvalue weighted by Gasteiger charge is 2.14. The molecule has 0 amide bonds. The van der Waals surface area contributed by atoms with Gasteiger partial charge in [-0.3, -0.25) is 0 Å². The van der Waals surface area contributed by atoms with Crippen molar-refractivity contribution in [1.29, 1.82) is 0 Å². The fourth-order valence-electron chi connectivity index (χ4n) is 5.81. The topological polar surface area (TPSA) is 16.4 Å². The van der Waals surface area contributed by atoms with Gasteiger partial charge in [0.05, 0.1) is 0 Å². The van der Waals surface area contributed by atoms with Crippen LogP contribution in [0.25, 0.3) is 53.9 Å². The van der Waals surface area contributed by atoms with Crippen molar-refractivity contribution in [2.45, 2.75) is 0 Å². The molecule has 0 N–H and O–H groups in total. The molecule has 204 valence electrons. The minimum Gasteiger partial charge on any atom is -0.455 e. The largest absolute Gasteiger partial charge is 0.455 e. The van der Waals surface area contributed by atoms with Gasteiger partial charge in [-0.1, -0.05) is 109 Å². The van der Waals surface area contributed by atoms with Crippen LogP contribution in [0.1, 0.15) is 0 Å². The zero-order chi connectivity index (χ0) is 28.6. The molecule has 0 aliphatic rings. The number of para-hydroxylation sites is 4. The molecule has 0 radical (unpaired) electrons. The van der Waals surface area contributed by atoms with Gasteiger partial charge in [0, 0.05) is 43.2 Å². The van der Waals surface area contributed by atoms with Crippen molar-refractivity contribution in [3.8, 4) is 32.0 Å². The van der Waals surface area contributed by atoms with Crippen LogP contribution in [0.4, 0.5) is 17.1 Å². The lowest BCUT2D eigenvalue weighted by Crippen LogP contribution is -2.09. The van der Waals surface area contributed by atoms with Crippen LogP contribution >= 0.6 is 11.3 Å². The van der Waals surface area contributed by atoms with Gasteiger partial charge in [-0.05, 0) is 71.3 Å². The molecule has 0 fully saturated rings. The highest BCUT2D eigenvalue weighted by atomic mass is 32.1. The lowest BCUT2D eigenvalue weighted by Gasteiger charge is -2.25. The molecule has 2 heterocycles. The minimum atomic E-state index is 0.925. The van der Waals surface area contributed by atoms with E-state index in [1.54, 1.807) is 0 Å². The molecule has 0 saturated heterocycles. The molecule has 43 heavy (non-hydrogen) atoms. The lowest BCUT2D eigenvalue weighted by molar-refractivity contribution is 0.670. The number of hydrogen-bond acceptors (Lipinski definition) is 3. The summed E-state index contributed by atoms with van der Waals surface area (Å²) in [6, 6.07) is 57.8. The van der Waals surface area contributed by atoms with Gasteiger partial charge in [0.25, 0.3) is 0 Å². The van der Waals surface area contributed by atoms with E-state index in [2.05, 4.69) is 157 Å². The van der Waals surface area contributed by atoms with Gasteiger partial charge >= 0.3 is 0 Å². The number of furan rings is 1. The SMILES string of the molecule is c1ccc(N(c2ccccc2)c2ccc(-c3ccc(-c4ccc(-c5cccc6c5oc5ccccc56)cc4)s3)cc2)cc1. The third-order valence-electron chi connectivity index (χ3n) is 7.93. The van der Waals surface area contributed by atoms with E-state index in [-0.39, 0.29) is 0 Å². The van der Waals surface area contributed by atoms with E-state index in [1.807, 2.05) is 23.5 Å². The molecule has 2 aromatic heterocycles. The Labute approximate surface area is 254 Å². The maximum absolute atomic E-state index is 6.28. The monoisotopic (exact) mass is 569 g/mol. The number of benzene rings is 6. The van der Waals surface area contributed by atoms with Crippen LogP contribution in [0.5, 0.6) is 0 Å². The number of hydrogen-bond donors (Lipinski definition) is 0. The third-order valence-corrected chi connectivity index (χ3v) is 9.11. The van der Waals surface area contributed by atoms with Crippen LogP contribution in [0.15, 0.2) is 168 Å². The molecule has 0 aliphatic carbocycles. The van der Waals surface area contributed by atoms with Crippen LogP contribution < -0.4 is 4.90 Å². The van der Waals surface area contributed by atoms with Crippen molar-refractivity contribution in [3.63, 3.8) is 0 Å². The Balaban J connectivity index is 1.07. The maximum Gasteiger partial charge on any atom is 0.143 e. The second-order valence-electron chi connectivity index (χ2n) is 10.6. The number of thiophene rings is 1. The first-order chi connectivity index (χ1) is 21.3. The van der Waals surface area contributed by atoms with E-state index in [4.69, 9.17) is 4.42 Å². The predicted molar refractivity (Wildman–Crippen MR) is 183 cm³/mol. The van der Waals surface area contributed by atoms with Gasteiger partial charge in [0.1, 0.15) is 11.2 Å². The summed E-state index contributed by atoms with van der Waals surface area (Å²) in [7, 11) is 0. The normalized spacial score (nSPS) is 11.3. The molecule has 0 atom stereocenters. The molecule has 6 aromatic carbocycles. The van der Waals surface area contributed by atoms with Gasteiger partial charge in [-0.2, -0.15) is 0 Å².